The van der Waals surface area contributed by atoms with Crippen molar-refractivity contribution in [3.05, 3.63) is 0 Å². The molecule has 0 heterocycles. The summed E-state index contributed by atoms with van der Waals surface area (Å²) in [6, 6.07) is -0.375. The van der Waals surface area contributed by atoms with Gasteiger partial charge in [-0.05, 0) is 13.8 Å². The minimum absolute atomic E-state index is 0.00850. The minimum atomic E-state index is -0.521. The lowest BCUT2D eigenvalue weighted by molar-refractivity contribution is -0.121. The average molecular weight is 217 g/mol. The lowest BCUT2D eigenvalue weighted by Gasteiger charge is -2.24. The SMILES string of the molecule is CNC(=O)NC(=O)CN(CCO)C(C)C. The van der Waals surface area contributed by atoms with Gasteiger partial charge in [-0.2, -0.15) is 0 Å². The van der Waals surface area contributed by atoms with Crippen molar-refractivity contribution in [2.75, 3.05) is 26.7 Å². The maximum Gasteiger partial charge on any atom is 0.321 e. The third-order valence-electron chi connectivity index (χ3n) is 1.94. The highest BCUT2D eigenvalue weighted by Crippen LogP contribution is 1.96. The molecule has 0 aliphatic rings. The van der Waals surface area contributed by atoms with Gasteiger partial charge in [-0.15, -0.1) is 0 Å². The van der Waals surface area contributed by atoms with Crippen LogP contribution in [0.4, 0.5) is 4.79 Å². The summed E-state index contributed by atoms with van der Waals surface area (Å²) < 4.78 is 0. The third kappa shape index (κ3) is 6.03. The van der Waals surface area contributed by atoms with E-state index in [4.69, 9.17) is 5.11 Å². The molecule has 15 heavy (non-hydrogen) atoms. The maximum absolute atomic E-state index is 11.3. The van der Waals surface area contributed by atoms with Crippen molar-refractivity contribution in [1.29, 1.82) is 0 Å². The number of amides is 3. The Kier molecular flexibility index (Phi) is 6.64. The molecular formula is C9H19N3O3. The smallest absolute Gasteiger partial charge is 0.321 e. The highest BCUT2D eigenvalue weighted by Gasteiger charge is 2.14. The Bertz CT molecular complexity index is 219. The first-order valence-electron chi connectivity index (χ1n) is 4.87. The second kappa shape index (κ2) is 7.19. The van der Waals surface area contributed by atoms with E-state index in [0.717, 1.165) is 0 Å². The first-order chi connectivity index (χ1) is 7.01. The van der Waals surface area contributed by atoms with Crippen LogP contribution < -0.4 is 10.6 Å². The predicted octanol–water partition coefficient (Wildman–Crippen LogP) is -0.855. The molecule has 0 aromatic rings. The van der Waals surface area contributed by atoms with Crippen LogP contribution in [-0.4, -0.2) is 54.7 Å². The number of carbonyl (C=O) groups excluding carboxylic acids is 2. The molecule has 0 aliphatic carbocycles. The van der Waals surface area contributed by atoms with Gasteiger partial charge in [0.05, 0.1) is 13.2 Å². The second-order valence-corrected chi connectivity index (χ2v) is 3.42. The van der Waals surface area contributed by atoms with Crippen molar-refractivity contribution in [2.45, 2.75) is 19.9 Å². The quantitative estimate of drug-likeness (QED) is 0.560. The number of nitrogens with zero attached hydrogens (tertiary/aromatic N) is 1. The normalized spacial score (nSPS) is 10.5. The number of aliphatic hydroxyl groups excluding tert-OH is 1. The first-order valence-corrected chi connectivity index (χ1v) is 4.87. The predicted molar refractivity (Wildman–Crippen MR) is 56.4 cm³/mol. The van der Waals surface area contributed by atoms with E-state index >= 15 is 0 Å². The standard InChI is InChI=1S/C9H19N3O3/c1-7(2)12(4-5-13)6-8(14)11-9(15)10-3/h7,13H,4-6H2,1-3H3,(H2,10,11,14,15). The molecule has 0 fully saturated rings. The van der Waals surface area contributed by atoms with Crippen LogP contribution in [0.25, 0.3) is 0 Å². The van der Waals surface area contributed by atoms with E-state index in [1.807, 2.05) is 13.8 Å². The molecule has 0 spiro atoms. The molecular weight excluding hydrogens is 198 g/mol. The summed E-state index contributed by atoms with van der Waals surface area (Å²) >= 11 is 0. The van der Waals surface area contributed by atoms with Gasteiger partial charge in [-0.1, -0.05) is 0 Å². The summed E-state index contributed by atoms with van der Waals surface area (Å²) in [6.45, 7) is 4.35. The Morgan fingerprint density at radius 1 is 1.40 bits per heavy atom. The average Bonchev–Trinajstić information content (AvgIpc) is 2.16. The Hall–Kier alpha value is -1.14. The van der Waals surface area contributed by atoms with E-state index < -0.39 is 6.03 Å². The van der Waals surface area contributed by atoms with E-state index in [1.54, 1.807) is 4.90 Å². The summed E-state index contributed by atoms with van der Waals surface area (Å²) in [5, 5.41) is 13.2. The summed E-state index contributed by atoms with van der Waals surface area (Å²) in [4.78, 5) is 23.9. The molecule has 6 nitrogen and oxygen atoms in total. The molecule has 0 saturated heterocycles. The van der Waals surface area contributed by atoms with Gasteiger partial charge >= 0.3 is 6.03 Å². The van der Waals surface area contributed by atoms with E-state index in [1.165, 1.54) is 7.05 Å². The number of hydrogen-bond acceptors (Lipinski definition) is 4. The molecule has 0 aromatic carbocycles. The highest BCUT2D eigenvalue weighted by atomic mass is 16.3. The van der Waals surface area contributed by atoms with Crippen LogP contribution in [-0.2, 0) is 4.79 Å². The highest BCUT2D eigenvalue weighted by molar-refractivity contribution is 5.95. The number of rotatable bonds is 5. The van der Waals surface area contributed by atoms with Crippen LogP contribution in [0.15, 0.2) is 0 Å². The summed E-state index contributed by atoms with van der Waals surface area (Å²) in [5.74, 6) is -0.378. The lowest BCUT2D eigenvalue weighted by Crippen LogP contribution is -2.46. The Labute approximate surface area is 89.6 Å². The molecule has 0 rings (SSSR count). The third-order valence-corrected chi connectivity index (χ3v) is 1.94. The van der Waals surface area contributed by atoms with E-state index in [2.05, 4.69) is 10.6 Å². The molecule has 88 valence electrons. The molecule has 3 amide bonds. The number of nitrogens with one attached hydrogen (secondary N) is 2. The van der Waals surface area contributed by atoms with E-state index in [9.17, 15) is 9.59 Å². The zero-order valence-electron chi connectivity index (χ0n) is 9.41. The van der Waals surface area contributed by atoms with Crippen LogP contribution >= 0.6 is 0 Å². The number of imide groups is 1. The Morgan fingerprint density at radius 3 is 2.40 bits per heavy atom. The molecule has 0 radical (unpaired) electrons. The summed E-state index contributed by atoms with van der Waals surface area (Å²) in [7, 11) is 1.44. The molecule has 0 atom stereocenters. The number of carbonyl (C=O) groups is 2. The molecule has 0 aromatic heterocycles. The van der Waals surface area contributed by atoms with Gasteiger partial charge in [0.25, 0.3) is 0 Å². The molecule has 0 aliphatic heterocycles. The maximum atomic E-state index is 11.3. The monoisotopic (exact) mass is 217 g/mol. The fourth-order valence-corrected chi connectivity index (χ4v) is 1.06. The Balaban J connectivity index is 4.05. The summed E-state index contributed by atoms with van der Waals surface area (Å²) in [6.07, 6.45) is 0. The number of hydrogen-bond donors (Lipinski definition) is 3. The van der Waals surface area contributed by atoms with E-state index in [-0.39, 0.29) is 25.1 Å². The minimum Gasteiger partial charge on any atom is -0.395 e. The van der Waals surface area contributed by atoms with Crippen molar-refractivity contribution >= 4 is 11.9 Å². The first kappa shape index (κ1) is 13.9. The van der Waals surface area contributed by atoms with Crippen LogP contribution in [0, 0.1) is 0 Å². The Morgan fingerprint density at radius 2 is 2.00 bits per heavy atom. The molecule has 3 N–H and O–H groups in total. The topological polar surface area (TPSA) is 81.7 Å². The van der Waals surface area contributed by atoms with Gasteiger partial charge in [0.15, 0.2) is 0 Å². The molecule has 6 heteroatoms. The number of urea groups is 1. The van der Waals surface area contributed by atoms with Crippen LogP contribution in [0.2, 0.25) is 0 Å². The number of aliphatic hydroxyl groups is 1. The fourth-order valence-electron chi connectivity index (χ4n) is 1.06. The largest absolute Gasteiger partial charge is 0.395 e. The van der Waals surface area contributed by atoms with Gasteiger partial charge < -0.3 is 10.4 Å². The van der Waals surface area contributed by atoms with Crippen molar-refractivity contribution in [1.82, 2.24) is 15.5 Å². The zero-order chi connectivity index (χ0) is 11.8. The van der Waals surface area contributed by atoms with Crippen LogP contribution in [0.3, 0.4) is 0 Å². The van der Waals surface area contributed by atoms with Gasteiger partial charge in [0, 0.05) is 19.6 Å². The fraction of sp³-hybridized carbons (Fsp3) is 0.778. The van der Waals surface area contributed by atoms with Crippen LogP contribution in [0.1, 0.15) is 13.8 Å². The summed E-state index contributed by atoms with van der Waals surface area (Å²) in [5.41, 5.74) is 0. The van der Waals surface area contributed by atoms with Crippen LogP contribution in [0.5, 0.6) is 0 Å². The van der Waals surface area contributed by atoms with Gasteiger partial charge in [-0.3, -0.25) is 15.0 Å². The lowest BCUT2D eigenvalue weighted by atomic mass is 10.3. The van der Waals surface area contributed by atoms with Gasteiger partial charge in [0.2, 0.25) is 5.91 Å². The van der Waals surface area contributed by atoms with Crippen molar-refractivity contribution in [3.8, 4) is 0 Å². The second-order valence-electron chi connectivity index (χ2n) is 3.42. The molecule has 0 bridgehead atoms. The van der Waals surface area contributed by atoms with Gasteiger partial charge in [-0.25, -0.2) is 4.79 Å². The van der Waals surface area contributed by atoms with E-state index in [0.29, 0.717) is 6.54 Å². The molecule has 0 unspecified atom stereocenters. The van der Waals surface area contributed by atoms with Crippen molar-refractivity contribution in [2.24, 2.45) is 0 Å². The zero-order valence-corrected chi connectivity index (χ0v) is 9.41. The van der Waals surface area contributed by atoms with Crippen molar-refractivity contribution < 1.29 is 14.7 Å². The van der Waals surface area contributed by atoms with Gasteiger partial charge in [0.1, 0.15) is 0 Å². The van der Waals surface area contributed by atoms with Crippen molar-refractivity contribution in [3.63, 3.8) is 0 Å². The molecule has 0 saturated carbocycles.